The number of carbonyl (C=O) groups is 1. The van der Waals surface area contributed by atoms with Gasteiger partial charge in [-0.2, -0.15) is 0 Å². The summed E-state index contributed by atoms with van der Waals surface area (Å²) in [5.41, 5.74) is 1.93. The number of non-ortho nitro benzene ring substituents is 1. The molecule has 7 nitrogen and oxygen atoms in total. The van der Waals surface area contributed by atoms with Crippen molar-refractivity contribution in [3.05, 3.63) is 73.9 Å². The SMILES string of the molecule is CN1C(=S)N(C2CCCCC2)C(=O)/C1=C/c1cc(Br)ccc1OCc1cccc([N+](=O)[O-])c1. The molecule has 1 aliphatic heterocycles. The Labute approximate surface area is 206 Å². The lowest BCUT2D eigenvalue weighted by atomic mass is 9.94. The van der Waals surface area contributed by atoms with E-state index in [2.05, 4.69) is 15.9 Å². The highest BCUT2D eigenvalue weighted by molar-refractivity contribution is 9.10. The van der Waals surface area contributed by atoms with Gasteiger partial charge in [0.15, 0.2) is 5.11 Å². The number of likely N-dealkylation sites (N-methyl/N-ethyl adjacent to an activating group) is 1. The van der Waals surface area contributed by atoms with E-state index < -0.39 is 4.92 Å². The van der Waals surface area contributed by atoms with Gasteiger partial charge in [0.1, 0.15) is 18.1 Å². The average Bonchev–Trinajstić information content (AvgIpc) is 3.02. The number of thiocarbonyl (C=S) groups is 1. The Bertz CT molecular complexity index is 1130. The van der Waals surface area contributed by atoms with Crippen LogP contribution in [0.25, 0.3) is 6.08 Å². The van der Waals surface area contributed by atoms with Gasteiger partial charge < -0.3 is 9.64 Å². The monoisotopic (exact) mass is 529 g/mol. The van der Waals surface area contributed by atoms with Crippen LogP contribution >= 0.6 is 28.1 Å². The predicted octanol–water partition coefficient (Wildman–Crippen LogP) is 5.67. The molecule has 1 heterocycles. The number of rotatable bonds is 6. The summed E-state index contributed by atoms with van der Waals surface area (Å²) >= 11 is 9.11. The van der Waals surface area contributed by atoms with E-state index in [0.29, 0.717) is 22.1 Å². The smallest absolute Gasteiger partial charge is 0.277 e. The molecule has 9 heteroatoms. The Balaban J connectivity index is 1.59. The van der Waals surface area contributed by atoms with Gasteiger partial charge in [0.25, 0.3) is 11.6 Å². The zero-order valence-electron chi connectivity index (χ0n) is 18.2. The molecule has 0 unspecified atom stereocenters. The highest BCUT2D eigenvalue weighted by atomic mass is 79.9. The maximum absolute atomic E-state index is 13.3. The number of halogens is 1. The fourth-order valence-electron chi connectivity index (χ4n) is 4.27. The number of benzene rings is 2. The van der Waals surface area contributed by atoms with Crippen molar-refractivity contribution in [2.45, 2.75) is 44.8 Å². The van der Waals surface area contributed by atoms with Gasteiger partial charge in [-0.15, -0.1) is 0 Å². The van der Waals surface area contributed by atoms with E-state index in [1.807, 2.05) is 25.2 Å². The van der Waals surface area contributed by atoms with Crippen molar-refractivity contribution >= 4 is 50.9 Å². The standard InChI is InChI=1S/C24H24BrN3O4S/c1-26-21(23(29)27(24(26)33)19-7-3-2-4-8-19)14-17-13-18(25)10-11-22(17)32-15-16-6-5-9-20(12-16)28(30)31/h5-6,9-14,19H,2-4,7-8,15H2,1H3/b21-14-. The third kappa shape index (κ3) is 5.09. The van der Waals surface area contributed by atoms with Gasteiger partial charge in [-0.05, 0) is 54.9 Å². The molecule has 1 aliphatic carbocycles. The van der Waals surface area contributed by atoms with Gasteiger partial charge in [0.05, 0.1) is 4.92 Å². The van der Waals surface area contributed by atoms with Crippen LogP contribution in [0.1, 0.15) is 43.2 Å². The Hall–Kier alpha value is -2.78. The van der Waals surface area contributed by atoms with E-state index in [1.54, 1.807) is 28.0 Å². The fraction of sp³-hybridized carbons (Fsp3) is 0.333. The van der Waals surface area contributed by atoms with Crippen LogP contribution < -0.4 is 4.74 Å². The van der Waals surface area contributed by atoms with E-state index in [-0.39, 0.29) is 24.2 Å². The summed E-state index contributed by atoms with van der Waals surface area (Å²) < 4.78 is 6.84. The lowest BCUT2D eigenvalue weighted by molar-refractivity contribution is -0.384. The van der Waals surface area contributed by atoms with Crippen molar-refractivity contribution in [2.24, 2.45) is 0 Å². The Kier molecular flexibility index (Phi) is 7.09. The first-order valence-electron chi connectivity index (χ1n) is 10.8. The average molecular weight is 530 g/mol. The largest absolute Gasteiger partial charge is 0.488 e. The molecule has 2 fully saturated rings. The van der Waals surface area contributed by atoms with Crippen molar-refractivity contribution in [3.63, 3.8) is 0 Å². The number of nitro groups is 1. The third-order valence-electron chi connectivity index (χ3n) is 6.01. The van der Waals surface area contributed by atoms with Gasteiger partial charge >= 0.3 is 0 Å². The fourth-order valence-corrected chi connectivity index (χ4v) is 4.98. The molecule has 33 heavy (non-hydrogen) atoms. The molecular formula is C24H24BrN3O4S. The second-order valence-electron chi connectivity index (χ2n) is 8.24. The first-order chi connectivity index (χ1) is 15.8. The van der Waals surface area contributed by atoms with Crippen molar-refractivity contribution < 1.29 is 14.5 Å². The van der Waals surface area contributed by atoms with Crippen molar-refractivity contribution in [2.75, 3.05) is 7.05 Å². The molecule has 1 amide bonds. The summed E-state index contributed by atoms with van der Waals surface area (Å²) in [7, 11) is 1.82. The molecule has 0 N–H and O–H groups in total. The minimum absolute atomic E-state index is 0.0174. The van der Waals surface area contributed by atoms with E-state index >= 15 is 0 Å². The first-order valence-corrected chi connectivity index (χ1v) is 12.0. The molecule has 1 saturated heterocycles. The van der Waals surface area contributed by atoms with Crippen LogP contribution in [-0.4, -0.2) is 38.8 Å². The van der Waals surface area contributed by atoms with Crippen molar-refractivity contribution in [3.8, 4) is 5.75 Å². The van der Waals surface area contributed by atoms with Gasteiger partial charge in [0.2, 0.25) is 0 Å². The summed E-state index contributed by atoms with van der Waals surface area (Å²) in [5, 5.41) is 11.6. The van der Waals surface area contributed by atoms with Crippen LogP contribution in [0.4, 0.5) is 5.69 Å². The molecule has 0 bridgehead atoms. The molecule has 4 rings (SSSR count). The highest BCUT2D eigenvalue weighted by Gasteiger charge is 2.40. The van der Waals surface area contributed by atoms with Crippen molar-refractivity contribution in [1.82, 2.24) is 9.80 Å². The summed E-state index contributed by atoms with van der Waals surface area (Å²) in [6.07, 6.45) is 7.17. The number of nitrogens with zero attached hydrogens (tertiary/aromatic N) is 3. The molecular weight excluding hydrogens is 506 g/mol. The van der Waals surface area contributed by atoms with Gasteiger partial charge in [-0.3, -0.25) is 19.8 Å². The molecule has 1 saturated carbocycles. The van der Waals surface area contributed by atoms with E-state index in [1.165, 1.54) is 18.6 Å². The number of amides is 1. The Morgan fingerprint density at radius 3 is 2.70 bits per heavy atom. The van der Waals surface area contributed by atoms with Gasteiger partial charge in [-0.1, -0.05) is 47.3 Å². The van der Waals surface area contributed by atoms with Gasteiger partial charge in [-0.25, -0.2) is 0 Å². The molecule has 0 aromatic heterocycles. The first kappa shape index (κ1) is 23.4. The lowest BCUT2D eigenvalue weighted by Gasteiger charge is -2.30. The van der Waals surface area contributed by atoms with Crippen LogP contribution in [-0.2, 0) is 11.4 Å². The molecule has 0 spiro atoms. The third-order valence-corrected chi connectivity index (χ3v) is 6.98. The maximum Gasteiger partial charge on any atom is 0.277 e. The zero-order valence-corrected chi connectivity index (χ0v) is 20.6. The number of nitro benzene ring substituents is 1. The van der Waals surface area contributed by atoms with Gasteiger partial charge in [0, 0.05) is 35.3 Å². The second kappa shape index (κ2) is 10.0. The van der Waals surface area contributed by atoms with Crippen LogP contribution in [0, 0.1) is 10.1 Å². The van der Waals surface area contributed by atoms with Crippen LogP contribution in [0.5, 0.6) is 5.75 Å². The zero-order chi connectivity index (χ0) is 23.5. The maximum atomic E-state index is 13.3. The van der Waals surface area contributed by atoms with Crippen LogP contribution in [0.3, 0.4) is 0 Å². The molecule has 0 radical (unpaired) electrons. The normalized spacial score (nSPS) is 18.3. The quantitative estimate of drug-likeness (QED) is 0.207. The molecule has 172 valence electrons. The van der Waals surface area contributed by atoms with E-state index in [9.17, 15) is 14.9 Å². The number of hydrogen-bond acceptors (Lipinski definition) is 5. The Morgan fingerprint density at radius 2 is 1.97 bits per heavy atom. The summed E-state index contributed by atoms with van der Waals surface area (Å²) in [6.45, 7) is 0.163. The summed E-state index contributed by atoms with van der Waals surface area (Å²) in [5.74, 6) is 0.486. The molecule has 2 aromatic rings. The summed E-state index contributed by atoms with van der Waals surface area (Å²) in [4.78, 5) is 27.5. The highest BCUT2D eigenvalue weighted by Crippen LogP contribution is 2.33. The summed E-state index contributed by atoms with van der Waals surface area (Å²) in [6, 6.07) is 12.0. The van der Waals surface area contributed by atoms with E-state index in [4.69, 9.17) is 17.0 Å². The van der Waals surface area contributed by atoms with Crippen LogP contribution in [0.2, 0.25) is 0 Å². The molecule has 2 aliphatic rings. The lowest BCUT2D eigenvalue weighted by Crippen LogP contribution is -2.41. The topological polar surface area (TPSA) is 75.9 Å². The van der Waals surface area contributed by atoms with E-state index in [0.717, 1.165) is 35.7 Å². The number of ether oxygens (including phenoxy) is 1. The predicted molar refractivity (Wildman–Crippen MR) is 134 cm³/mol. The number of hydrogen-bond donors (Lipinski definition) is 0. The minimum atomic E-state index is -0.429. The minimum Gasteiger partial charge on any atom is -0.488 e. The molecule has 0 atom stereocenters. The Morgan fingerprint density at radius 1 is 1.21 bits per heavy atom. The number of carbonyl (C=O) groups excluding carboxylic acids is 1. The van der Waals surface area contributed by atoms with Crippen LogP contribution in [0.15, 0.2) is 52.6 Å². The molecule has 2 aromatic carbocycles. The van der Waals surface area contributed by atoms with Crippen molar-refractivity contribution in [1.29, 1.82) is 0 Å². The second-order valence-corrected chi connectivity index (χ2v) is 9.52.